The number of Topliss-reactive ketones (excluding diaryl/α,β-unsaturated/α-hetero) is 1. The molecule has 1 saturated carbocycles. The lowest BCUT2D eigenvalue weighted by molar-refractivity contribution is -0.138. The first-order valence-electron chi connectivity index (χ1n) is 9.68. The van der Waals surface area contributed by atoms with Gasteiger partial charge in [-0.2, -0.15) is 0 Å². The number of ketones is 1. The van der Waals surface area contributed by atoms with Gasteiger partial charge in [0.2, 0.25) is 0 Å². The van der Waals surface area contributed by atoms with Crippen LogP contribution in [0, 0.1) is 11.8 Å². The summed E-state index contributed by atoms with van der Waals surface area (Å²) in [5, 5.41) is 0. The van der Waals surface area contributed by atoms with Crippen molar-refractivity contribution < 1.29 is 14.4 Å². The average Bonchev–Trinajstić information content (AvgIpc) is 2.90. The molecule has 0 bridgehead atoms. The van der Waals surface area contributed by atoms with Gasteiger partial charge in [0.25, 0.3) is 11.8 Å². The van der Waals surface area contributed by atoms with Crippen molar-refractivity contribution in [3.8, 4) is 0 Å². The summed E-state index contributed by atoms with van der Waals surface area (Å²) in [7, 11) is 0. The molecule has 0 aromatic rings. The molecule has 2 rings (SSSR count). The van der Waals surface area contributed by atoms with Crippen molar-refractivity contribution >= 4 is 17.6 Å². The van der Waals surface area contributed by atoms with E-state index < -0.39 is 0 Å². The summed E-state index contributed by atoms with van der Waals surface area (Å²) in [5.74, 6) is 0.609. The molecule has 134 valence electrons. The van der Waals surface area contributed by atoms with Crippen LogP contribution in [0.25, 0.3) is 0 Å². The van der Waals surface area contributed by atoms with E-state index in [2.05, 4.69) is 6.92 Å². The second kappa shape index (κ2) is 9.75. The van der Waals surface area contributed by atoms with E-state index in [4.69, 9.17) is 0 Å². The SMILES string of the molecule is CCCCCCCCC(=O)C1CCC(CN2C(=O)C=CC2=O)CC1. The second-order valence-electron chi connectivity index (χ2n) is 7.32. The Labute approximate surface area is 145 Å². The highest BCUT2D eigenvalue weighted by Gasteiger charge is 2.30. The summed E-state index contributed by atoms with van der Waals surface area (Å²) < 4.78 is 0. The highest BCUT2D eigenvalue weighted by atomic mass is 16.2. The third-order valence-corrected chi connectivity index (χ3v) is 5.42. The minimum atomic E-state index is -0.193. The minimum absolute atomic E-state index is 0.193. The molecular weight excluding hydrogens is 302 g/mol. The molecule has 4 heteroatoms. The van der Waals surface area contributed by atoms with Gasteiger partial charge in [-0.05, 0) is 38.0 Å². The molecule has 0 saturated heterocycles. The summed E-state index contributed by atoms with van der Waals surface area (Å²) in [5.41, 5.74) is 0. The Balaban J connectivity index is 1.61. The summed E-state index contributed by atoms with van der Waals surface area (Å²) in [6.07, 6.45) is 14.5. The Bertz CT molecular complexity index is 457. The zero-order valence-electron chi connectivity index (χ0n) is 15.0. The quantitative estimate of drug-likeness (QED) is 0.448. The van der Waals surface area contributed by atoms with Gasteiger partial charge in [0.15, 0.2) is 0 Å². The zero-order valence-corrected chi connectivity index (χ0v) is 15.0. The van der Waals surface area contributed by atoms with Crippen LogP contribution in [0.15, 0.2) is 12.2 Å². The first kappa shape index (κ1) is 18.9. The van der Waals surface area contributed by atoms with Gasteiger partial charge in [0.1, 0.15) is 5.78 Å². The van der Waals surface area contributed by atoms with Crippen LogP contribution in [0.4, 0.5) is 0 Å². The van der Waals surface area contributed by atoms with Crippen LogP contribution in [0.1, 0.15) is 77.6 Å². The standard InChI is InChI=1S/C20H31NO3/c1-2-3-4-5-6-7-8-18(22)17-11-9-16(10-12-17)15-21-19(23)13-14-20(21)24/h13-14,16-17H,2-12,15H2,1H3. The molecular formula is C20H31NO3. The van der Waals surface area contributed by atoms with Crippen molar-refractivity contribution in [2.75, 3.05) is 6.54 Å². The van der Waals surface area contributed by atoms with Gasteiger partial charge in [-0.3, -0.25) is 19.3 Å². The molecule has 1 fully saturated rings. The monoisotopic (exact) mass is 333 g/mol. The van der Waals surface area contributed by atoms with Gasteiger partial charge in [0.05, 0.1) is 0 Å². The molecule has 0 unspecified atom stereocenters. The van der Waals surface area contributed by atoms with E-state index in [0.29, 0.717) is 18.2 Å². The summed E-state index contributed by atoms with van der Waals surface area (Å²) >= 11 is 0. The average molecular weight is 333 g/mol. The molecule has 0 spiro atoms. The molecule has 0 aromatic heterocycles. The maximum Gasteiger partial charge on any atom is 0.253 e. The predicted octanol–water partition coefficient (Wildman–Crippen LogP) is 4.04. The van der Waals surface area contributed by atoms with Crippen LogP contribution in [-0.4, -0.2) is 29.0 Å². The van der Waals surface area contributed by atoms with Crippen LogP contribution >= 0.6 is 0 Å². The Morgan fingerprint density at radius 3 is 2.17 bits per heavy atom. The molecule has 1 aliphatic carbocycles. The Morgan fingerprint density at radius 1 is 0.958 bits per heavy atom. The normalized spacial score (nSPS) is 24.0. The van der Waals surface area contributed by atoms with E-state index in [1.54, 1.807) is 0 Å². The third-order valence-electron chi connectivity index (χ3n) is 5.42. The van der Waals surface area contributed by atoms with E-state index in [-0.39, 0.29) is 17.7 Å². The highest BCUT2D eigenvalue weighted by molar-refractivity contribution is 6.12. The molecule has 0 radical (unpaired) electrons. The third kappa shape index (κ3) is 5.57. The summed E-state index contributed by atoms with van der Waals surface area (Å²) in [6, 6.07) is 0. The fourth-order valence-corrected chi connectivity index (χ4v) is 3.82. The lowest BCUT2D eigenvalue weighted by Gasteiger charge is -2.30. The number of amides is 2. The van der Waals surface area contributed by atoms with E-state index in [0.717, 1.165) is 38.5 Å². The van der Waals surface area contributed by atoms with Crippen molar-refractivity contribution in [3.05, 3.63) is 12.2 Å². The van der Waals surface area contributed by atoms with Crippen LogP contribution in [0.5, 0.6) is 0 Å². The second-order valence-corrected chi connectivity index (χ2v) is 7.32. The van der Waals surface area contributed by atoms with Crippen molar-refractivity contribution in [1.29, 1.82) is 0 Å². The number of carbonyl (C=O) groups is 3. The Morgan fingerprint density at radius 2 is 1.54 bits per heavy atom. The molecule has 0 aromatic carbocycles. The lowest BCUT2D eigenvalue weighted by atomic mass is 9.79. The number of unbranched alkanes of at least 4 members (excludes halogenated alkanes) is 5. The fourth-order valence-electron chi connectivity index (χ4n) is 3.82. The van der Waals surface area contributed by atoms with Crippen LogP contribution in [0.3, 0.4) is 0 Å². The van der Waals surface area contributed by atoms with Crippen molar-refractivity contribution in [3.63, 3.8) is 0 Å². The Hall–Kier alpha value is -1.45. The van der Waals surface area contributed by atoms with E-state index >= 15 is 0 Å². The molecule has 2 aliphatic rings. The number of hydrogen-bond acceptors (Lipinski definition) is 3. The number of nitrogens with zero attached hydrogens (tertiary/aromatic N) is 1. The number of hydrogen-bond donors (Lipinski definition) is 0. The van der Waals surface area contributed by atoms with Gasteiger partial charge >= 0.3 is 0 Å². The van der Waals surface area contributed by atoms with Gasteiger partial charge in [-0.15, -0.1) is 0 Å². The highest BCUT2D eigenvalue weighted by Crippen LogP contribution is 2.31. The van der Waals surface area contributed by atoms with Crippen molar-refractivity contribution in [1.82, 2.24) is 4.90 Å². The molecule has 2 amide bonds. The number of rotatable bonds is 10. The largest absolute Gasteiger partial charge is 0.299 e. The first-order chi connectivity index (χ1) is 11.6. The molecule has 0 N–H and O–H groups in total. The molecule has 1 heterocycles. The van der Waals surface area contributed by atoms with Crippen LogP contribution < -0.4 is 0 Å². The van der Waals surface area contributed by atoms with Gasteiger partial charge < -0.3 is 0 Å². The van der Waals surface area contributed by atoms with E-state index in [9.17, 15) is 14.4 Å². The summed E-state index contributed by atoms with van der Waals surface area (Å²) in [4.78, 5) is 36.9. The molecule has 24 heavy (non-hydrogen) atoms. The van der Waals surface area contributed by atoms with Crippen molar-refractivity contribution in [2.45, 2.75) is 77.6 Å². The van der Waals surface area contributed by atoms with Crippen LogP contribution in [0.2, 0.25) is 0 Å². The lowest BCUT2D eigenvalue weighted by Crippen LogP contribution is -2.36. The number of carbonyl (C=O) groups excluding carboxylic acids is 3. The minimum Gasteiger partial charge on any atom is -0.299 e. The zero-order chi connectivity index (χ0) is 17.4. The molecule has 1 aliphatic heterocycles. The van der Waals surface area contributed by atoms with Gasteiger partial charge in [-0.25, -0.2) is 0 Å². The van der Waals surface area contributed by atoms with E-state index in [1.807, 2.05) is 0 Å². The smallest absolute Gasteiger partial charge is 0.253 e. The predicted molar refractivity (Wildman–Crippen MR) is 94.3 cm³/mol. The van der Waals surface area contributed by atoms with Gasteiger partial charge in [0, 0.05) is 31.0 Å². The molecule has 4 nitrogen and oxygen atoms in total. The van der Waals surface area contributed by atoms with E-state index in [1.165, 1.54) is 49.2 Å². The van der Waals surface area contributed by atoms with Gasteiger partial charge in [-0.1, -0.05) is 39.0 Å². The maximum atomic E-state index is 12.3. The Kier molecular flexibility index (Phi) is 7.67. The summed E-state index contributed by atoms with van der Waals surface area (Å²) in [6.45, 7) is 2.73. The maximum absolute atomic E-state index is 12.3. The number of imide groups is 1. The fraction of sp³-hybridized carbons (Fsp3) is 0.750. The van der Waals surface area contributed by atoms with Crippen molar-refractivity contribution in [2.24, 2.45) is 11.8 Å². The topological polar surface area (TPSA) is 54.5 Å². The van der Waals surface area contributed by atoms with Crippen LogP contribution in [-0.2, 0) is 14.4 Å². The molecule has 0 atom stereocenters. The first-order valence-corrected chi connectivity index (χ1v) is 9.68.